The van der Waals surface area contributed by atoms with Gasteiger partial charge < -0.3 is 135 Å². The molecule has 139 heavy (non-hydrogen) atoms. The van der Waals surface area contributed by atoms with Gasteiger partial charge in [0.15, 0.2) is 33.5 Å². The molecule has 0 unspecified atom stereocenters. The first kappa shape index (κ1) is 106. The van der Waals surface area contributed by atoms with Gasteiger partial charge in [0.05, 0.1) is 102 Å². The maximum Gasteiger partial charge on any atom is 0.261 e. The molecule has 4 fully saturated rings. The van der Waals surface area contributed by atoms with E-state index in [0.717, 1.165) is 21.5 Å². The molecule has 750 valence electrons. The molecular weight excluding hydrogens is 1820 g/mol. The Hall–Kier alpha value is -10.6. The number of amides is 3. The summed E-state index contributed by atoms with van der Waals surface area (Å²) in [5, 5.41) is 23.1. The largest absolute Gasteiger partial charge is 0.497 e. The molecule has 20 atom stereocenters. The Morgan fingerprint density at radius 2 is 0.590 bits per heavy atom. The van der Waals surface area contributed by atoms with E-state index >= 15 is 0 Å². The number of aliphatic hydroxyl groups excluding tert-OH is 1. The monoisotopic (exact) mass is 1950 g/mol. The zero-order chi connectivity index (χ0) is 99.1. The van der Waals surface area contributed by atoms with Crippen LogP contribution in [0.5, 0.6) is 51.7 Å². The van der Waals surface area contributed by atoms with Crippen LogP contribution in [0, 0.1) is 0 Å². The lowest BCUT2D eigenvalue weighted by molar-refractivity contribution is -0.367. The number of benzene rings is 9. The lowest BCUT2D eigenvalue weighted by Gasteiger charge is -2.53. The predicted octanol–water partition coefficient (Wildman–Crippen LogP) is 12.6. The van der Waals surface area contributed by atoms with E-state index in [2.05, 4.69) is 94.9 Å². The van der Waals surface area contributed by atoms with Crippen LogP contribution in [-0.2, 0) is 113 Å². The van der Waals surface area contributed by atoms with Crippen molar-refractivity contribution >= 4 is 44.7 Å². The molecular formula is C106H136N4O27Si2. The first-order valence-electron chi connectivity index (χ1n) is 46.8. The van der Waals surface area contributed by atoms with E-state index in [1.54, 1.807) is 135 Å². The molecule has 0 saturated carbocycles. The number of rotatable bonds is 45. The Labute approximate surface area is 817 Å². The number of nitrogens with two attached hydrogens (primary N) is 1. The lowest BCUT2D eigenvalue weighted by atomic mass is 9.92. The fourth-order valence-electron chi connectivity index (χ4n) is 17.4. The Bertz CT molecular complexity index is 5230. The maximum atomic E-state index is 14.9. The first-order chi connectivity index (χ1) is 66.8. The summed E-state index contributed by atoms with van der Waals surface area (Å²) in [6, 6.07) is 65.4. The molecule has 0 aromatic heterocycles. The highest BCUT2D eigenvalue weighted by Crippen LogP contribution is 2.44. The van der Waals surface area contributed by atoms with Crippen molar-refractivity contribution in [2.45, 2.75) is 241 Å². The van der Waals surface area contributed by atoms with Crippen molar-refractivity contribution in [3.63, 3.8) is 0 Å². The average molecular weight is 1950 g/mol. The second-order valence-electron chi connectivity index (χ2n) is 37.4. The standard InChI is InChI=1S/C106H136N4O27Si2/c1-66(111)108-90-98(126-59-71-33-43-76(117-12)44-34-71)96(88(131-101(90)114)65-130-139(106(7,8)9,83-25-21-19-22-26-83)84-27-23-20-24-28-84)137-104-92(110-68(3)113)100(128-61-73-37-47-78(119-14)48-38-73)95(86(134-104)63-123-82-55-51-80(121-16)52-56-82)136-103-91(109-67(2)112)99(127-60-72-35-45-77(118-13)46-36-72)94(85(133-103)62-122-81-53-49-79(120-15)50-54-81)135-102-89(107)97(125-58-70-31-41-75(116-11)42-32-70)93(124-57-69-29-39-74(115-10)40-30-69)87(132-102)64-129-138(17,18)105(4,5)6/h19-56,85-104,114H,57-65,107H2,1-18H3,(H,108,111)(H,109,112)(H,110,113)/t85-,86-,87-,88-,89-,90-,91-,92-,93-,94-,95-,96-,97-,98-,99-,100-,101-,102+,103+,104+/m1/s1. The Morgan fingerprint density at radius 1 is 0.324 bits per heavy atom. The third-order valence-electron chi connectivity index (χ3n) is 25.9. The number of methoxy groups -OCH3 is 7. The quantitative estimate of drug-likeness (QED) is 0.0221. The van der Waals surface area contributed by atoms with Crippen LogP contribution in [0.15, 0.2) is 231 Å². The van der Waals surface area contributed by atoms with Crippen molar-refractivity contribution in [3.8, 4) is 51.7 Å². The van der Waals surface area contributed by atoms with E-state index in [1.165, 1.54) is 20.8 Å². The van der Waals surface area contributed by atoms with Crippen LogP contribution in [0.3, 0.4) is 0 Å². The second kappa shape index (κ2) is 49.2. The minimum atomic E-state index is -3.52. The van der Waals surface area contributed by atoms with Gasteiger partial charge in [0, 0.05) is 20.8 Å². The molecule has 4 aliphatic heterocycles. The highest BCUT2D eigenvalue weighted by atomic mass is 28.4. The molecule has 13 rings (SSSR count). The van der Waals surface area contributed by atoms with Gasteiger partial charge in [-0.2, -0.15) is 0 Å². The number of carbonyl (C=O) groups is 3. The van der Waals surface area contributed by atoms with Gasteiger partial charge >= 0.3 is 0 Å². The number of aliphatic hydroxyl groups is 1. The third kappa shape index (κ3) is 27.4. The molecule has 0 spiro atoms. The molecule has 9 aromatic carbocycles. The van der Waals surface area contributed by atoms with Gasteiger partial charge in [-0.05, 0) is 171 Å². The molecule has 4 saturated heterocycles. The Morgan fingerprint density at radius 3 is 0.906 bits per heavy atom. The fourth-order valence-corrected chi connectivity index (χ4v) is 23.0. The van der Waals surface area contributed by atoms with Crippen LogP contribution in [0.2, 0.25) is 23.2 Å². The van der Waals surface area contributed by atoms with Crippen molar-refractivity contribution in [1.82, 2.24) is 16.0 Å². The maximum absolute atomic E-state index is 14.9. The van der Waals surface area contributed by atoms with Crippen LogP contribution >= 0.6 is 0 Å². The van der Waals surface area contributed by atoms with E-state index in [9.17, 15) is 19.5 Å². The number of nitrogens with one attached hydrogen (secondary N) is 3. The van der Waals surface area contributed by atoms with Crippen molar-refractivity contribution in [3.05, 3.63) is 258 Å². The molecule has 0 bridgehead atoms. The van der Waals surface area contributed by atoms with Crippen molar-refractivity contribution in [2.24, 2.45) is 5.73 Å². The molecule has 31 nitrogen and oxygen atoms in total. The molecule has 33 heteroatoms. The minimum absolute atomic E-state index is 0.00226. The summed E-state index contributed by atoms with van der Waals surface area (Å²) in [4.78, 5) is 43.5. The van der Waals surface area contributed by atoms with Crippen LogP contribution in [0.25, 0.3) is 0 Å². The SMILES string of the molecule is COc1ccc(CO[C@@H]2[C@@H](N)[C@H](O[C@H]3[C@H](OCc4ccc(OC)cc4)[C@@H](NC(C)=O)[C@H](O[C@H]4[C@H](OCc5ccc(OC)cc5)[C@@H](NC(C)=O)[C@H](O[C@H]5[C@H](OCc6ccc(OC)cc6)[C@@H](NC(C)=O)[C@H](O)O[C@@H]5CO[Si](c5ccccc5)(c5ccccc5)C(C)(C)C)O[C@@H]4COc4ccc(OC)cc4)O[C@@H]3COc3ccc(OC)cc3)O[C@H](CO[Si](C)(C)C(C)(C)C)[C@H]2OCc2ccc(OC)cc2)cc1. The number of hydrogen-bond donors (Lipinski definition) is 5. The number of ether oxygens (including phenoxy) is 21. The van der Waals surface area contributed by atoms with Crippen LogP contribution < -0.4 is 74.7 Å². The van der Waals surface area contributed by atoms with Crippen molar-refractivity contribution in [2.75, 3.05) is 76.2 Å². The number of hydrogen-bond acceptors (Lipinski definition) is 28. The minimum Gasteiger partial charge on any atom is -0.497 e. The van der Waals surface area contributed by atoms with Gasteiger partial charge in [-0.3, -0.25) is 14.4 Å². The highest BCUT2D eigenvalue weighted by Gasteiger charge is 2.60. The van der Waals surface area contributed by atoms with E-state index in [-0.39, 0.29) is 64.5 Å². The van der Waals surface area contributed by atoms with E-state index in [0.29, 0.717) is 68.4 Å². The summed E-state index contributed by atoms with van der Waals surface area (Å²) >= 11 is 0. The summed E-state index contributed by atoms with van der Waals surface area (Å²) in [5.74, 6) is 3.19. The summed E-state index contributed by atoms with van der Waals surface area (Å²) in [6.07, 6.45) is -21.9. The van der Waals surface area contributed by atoms with Crippen LogP contribution in [-0.4, -0.2) is 238 Å². The molecule has 3 amide bonds. The Kier molecular flexibility index (Phi) is 37.4. The second-order valence-corrected chi connectivity index (χ2v) is 46.5. The Balaban J connectivity index is 0.975. The molecule has 6 N–H and O–H groups in total. The summed E-state index contributed by atoms with van der Waals surface area (Å²) < 4.78 is 157. The molecule has 4 aliphatic rings. The normalized spacial score (nSPS) is 25.1. The van der Waals surface area contributed by atoms with E-state index in [4.69, 9.17) is 114 Å². The first-order valence-corrected chi connectivity index (χ1v) is 51.6. The van der Waals surface area contributed by atoms with Gasteiger partial charge in [-0.25, -0.2) is 0 Å². The molecule has 4 heterocycles. The fraction of sp³-hybridized carbons (Fsp3) is 0.462. The van der Waals surface area contributed by atoms with Gasteiger partial charge in [0.1, 0.15) is 156 Å². The van der Waals surface area contributed by atoms with Gasteiger partial charge in [0.25, 0.3) is 8.32 Å². The van der Waals surface area contributed by atoms with Crippen molar-refractivity contribution < 1.29 is 128 Å². The molecule has 0 aliphatic carbocycles. The molecule has 9 aromatic rings. The molecule has 0 radical (unpaired) electrons. The van der Waals surface area contributed by atoms with Crippen molar-refractivity contribution in [1.29, 1.82) is 0 Å². The highest BCUT2D eigenvalue weighted by molar-refractivity contribution is 6.99. The average Bonchev–Trinajstić information content (AvgIpc) is 0.738. The topological polar surface area (TPSA) is 346 Å². The smallest absolute Gasteiger partial charge is 0.261 e. The van der Waals surface area contributed by atoms with E-state index in [1.807, 2.05) is 121 Å². The van der Waals surface area contributed by atoms with Crippen LogP contribution in [0.1, 0.15) is 90.1 Å². The zero-order valence-electron chi connectivity index (χ0n) is 82.5. The van der Waals surface area contributed by atoms with Gasteiger partial charge in [0.2, 0.25) is 17.7 Å². The summed E-state index contributed by atoms with van der Waals surface area (Å²) in [5.41, 5.74) is 11.4. The summed E-state index contributed by atoms with van der Waals surface area (Å²) in [7, 11) is 4.88. The van der Waals surface area contributed by atoms with Crippen LogP contribution in [0.4, 0.5) is 0 Å². The van der Waals surface area contributed by atoms with E-state index < -0.39 is 162 Å². The zero-order valence-corrected chi connectivity index (χ0v) is 84.5. The van der Waals surface area contributed by atoms with Gasteiger partial charge in [-0.1, -0.05) is 163 Å². The van der Waals surface area contributed by atoms with Gasteiger partial charge in [-0.15, -0.1) is 0 Å². The predicted molar refractivity (Wildman–Crippen MR) is 524 cm³/mol. The third-order valence-corrected chi connectivity index (χ3v) is 35.4. The summed E-state index contributed by atoms with van der Waals surface area (Å²) in [6.45, 7) is 19.9. The lowest BCUT2D eigenvalue weighted by Crippen LogP contribution is -2.72. The number of carbonyl (C=O) groups excluding carboxylic acids is 3.